The lowest BCUT2D eigenvalue weighted by Crippen LogP contribution is -2.39. The monoisotopic (exact) mass is 465 g/mol. The maximum absolute atomic E-state index is 13.4. The molecule has 0 saturated carbocycles. The number of fused-ring (bicyclic) bond motifs is 5. The molecule has 3 aromatic rings. The number of amides is 2. The van der Waals surface area contributed by atoms with Crippen LogP contribution in [0.5, 0.6) is 0 Å². The molecule has 2 aliphatic heterocycles. The summed E-state index contributed by atoms with van der Waals surface area (Å²) in [6, 6.07) is 14.3. The van der Waals surface area contributed by atoms with E-state index < -0.39 is 5.41 Å². The molecule has 1 fully saturated rings. The lowest BCUT2D eigenvalue weighted by atomic mass is 9.74. The summed E-state index contributed by atoms with van der Waals surface area (Å²) in [7, 11) is 0. The van der Waals surface area contributed by atoms with Crippen LogP contribution in [-0.4, -0.2) is 34.9 Å². The van der Waals surface area contributed by atoms with Crippen molar-refractivity contribution in [1.82, 2.24) is 20.6 Å². The third-order valence-corrected chi connectivity index (χ3v) is 8.66. The average Bonchev–Trinajstić information content (AvgIpc) is 3.50. The van der Waals surface area contributed by atoms with Crippen LogP contribution in [0.2, 0.25) is 0 Å². The highest BCUT2D eigenvalue weighted by atomic mass is 16.2. The molecule has 0 radical (unpaired) electrons. The molecule has 2 amide bonds. The summed E-state index contributed by atoms with van der Waals surface area (Å²) in [4.78, 5) is 35.2. The fourth-order valence-corrected chi connectivity index (χ4v) is 6.91. The van der Waals surface area contributed by atoms with E-state index in [2.05, 4.69) is 50.2 Å². The zero-order chi connectivity index (χ0) is 23.6. The Kier molecular flexibility index (Phi) is 4.42. The molecule has 7 heteroatoms. The molecule has 3 N–H and O–H groups in total. The number of piperidine rings is 1. The van der Waals surface area contributed by atoms with Crippen LogP contribution in [0.3, 0.4) is 0 Å². The van der Waals surface area contributed by atoms with E-state index in [9.17, 15) is 9.59 Å². The number of hydrogen-bond acceptors (Lipinski definition) is 5. The van der Waals surface area contributed by atoms with Gasteiger partial charge in [0.1, 0.15) is 11.5 Å². The molecule has 4 heterocycles. The molecule has 7 rings (SSSR count). The average molecular weight is 466 g/mol. The molecule has 4 aliphatic rings. The highest BCUT2D eigenvalue weighted by Gasteiger charge is 2.51. The van der Waals surface area contributed by atoms with Crippen LogP contribution >= 0.6 is 0 Å². The van der Waals surface area contributed by atoms with E-state index >= 15 is 0 Å². The molecule has 2 atom stereocenters. The number of nitrogens with zero attached hydrogens (tertiary/aromatic N) is 2. The fraction of sp³-hybridized carbons (Fsp3) is 0.357. The van der Waals surface area contributed by atoms with Gasteiger partial charge in [-0.15, -0.1) is 0 Å². The molecular weight excluding hydrogens is 438 g/mol. The summed E-state index contributed by atoms with van der Waals surface area (Å²) in [6.07, 6.45) is 7.71. The number of nitrogens with one attached hydrogen (secondary N) is 3. The van der Waals surface area contributed by atoms with Gasteiger partial charge in [0.05, 0.1) is 11.5 Å². The van der Waals surface area contributed by atoms with Crippen molar-refractivity contribution in [2.75, 3.05) is 18.4 Å². The lowest BCUT2D eigenvalue weighted by Gasteiger charge is -2.35. The van der Waals surface area contributed by atoms with Crippen molar-refractivity contribution in [1.29, 1.82) is 0 Å². The second-order valence-electron chi connectivity index (χ2n) is 10.5. The Labute approximate surface area is 203 Å². The van der Waals surface area contributed by atoms with Crippen molar-refractivity contribution in [3.8, 4) is 0 Å². The normalized spacial score (nSPS) is 25.3. The second-order valence-corrected chi connectivity index (χ2v) is 10.5. The fourth-order valence-electron chi connectivity index (χ4n) is 6.91. The van der Waals surface area contributed by atoms with Crippen LogP contribution < -0.4 is 16.0 Å². The van der Waals surface area contributed by atoms with Gasteiger partial charge in [-0.3, -0.25) is 14.6 Å². The highest BCUT2D eigenvalue weighted by Crippen LogP contribution is 2.50. The van der Waals surface area contributed by atoms with E-state index in [-0.39, 0.29) is 23.3 Å². The van der Waals surface area contributed by atoms with Gasteiger partial charge in [0, 0.05) is 23.4 Å². The zero-order valence-electron chi connectivity index (χ0n) is 19.4. The van der Waals surface area contributed by atoms with Crippen molar-refractivity contribution < 1.29 is 9.59 Å². The van der Waals surface area contributed by atoms with Gasteiger partial charge in [-0.2, -0.15) is 0 Å². The lowest BCUT2D eigenvalue weighted by molar-refractivity contribution is -0.120. The number of carbonyl (C=O) groups is 2. The van der Waals surface area contributed by atoms with Crippen LogP contribution in [0.15, 0.2) is 54.9 Å². The van der Waals surface area contributed by atoms with E-state index in [0.717, 1.165) is 49.0 Å². The summed E-state index contributed by atoms with van der Waals surface area (Å²) in [5.41, 5.74) is 5.47. The van der Waals surface area contributed by atoms with Crippen molar-refractivity contribution in [2.24, 2.45) is 0 Å². The SMILES string of the molecule is O=C(NC1CC2(CCNCC2)c2ccccc21)c1cc2c(cn1)CC1(C2)C(=O)Nc2ncccc21. The summed E-state index contributed by atoms with van der Waals surface area (Å²) >= 11 is 0. The summed E-state index contributed by atoms with van der Waals surface area (Å²) in [5, 5.41) is 9.69. The van der Waals surface area contributed by atoms with Gasteiger partial charge in [0.25, 0.3) is 5.91 Å². The first-order chi connectivity index (χ1) is 17.1. The Morgan fingerprint density at radius 3 is 2.69 bits per heavy atom. The first-order valence-corrected chi connectivity index (χ1v) is 12.4. The van der Waals surface area contributed by atoms with Crippen molar-refractivity contribution in [3.05, 3.63) is 88.4 Å². The Bertz CT molecular complexity index is 1380. The summed E-state index contributed by atoms with van der Waals surface area (Å²) in [5.74, 6) is 0.462. The van der Waals surface area contributed by atoms with Crippen molar-refractivity contribution >= 4 is 17.6 Å². The summed E-state index contributed by atoms with van der Waals surface area (Å²) < 4.78 is 0. The van der Waals surface area contributed by atoms with Gasteiger partial charge in [-0.1, -0.05) is 30.3 Å². The molecular formula is C28H27N5O2. The topological polar surface area (TPSA) is 96.0 Å². The molecule has 1 saturated heterocycles. The Morgan fingerprint density at radius 2 is 1.80 bits per heavy atom. The predicted molar refractivity (Wildman–Crippen MR) is 131 cm³/mol. The maximum Gasteiger partial charge on any atom is 0.270 e. The van der Waals surface area contributed by atoms with Crippen LogP contribution in [-0.2, 0) is 28.5 Å². The number of carbonyl (C=O) groups excluding carboxylic acids is 2. The van der Waals surface area contributed by atoms with Gasteiger partial charge >= 0.3 is 0 Å². The standard InChI is InChI=1S/C28H27N5O2/c34-25(32-23-15-27(7-10-29-11-8-27)20-5-2-1-4-19(20)23)22-12-17-13-28(14-18(17)16-31-22)21-6-3-9-30-24(21)33-26(28)35/h1-6,9,12,16,23,29H,7-8,10-11,13-15H2,(H,32,34)(H,30,33,35). The van der Waals surface area contributed by atoms with E-state index in [1.165, 1.54) is 11.1 Å². The van der Waals surface area contributed by atoms with Crippen molar-refractivity contribution in [2.45, 2.75) is 49.0 Å². The van der Waals surface area contributed by atoms with Crippen molar-refractivity contribution in [3.63, 3.8) is 0 Å². The minimum Gasteiger partial charge on any atom is -0.344 e. The summed E-state index contributed by atoms with van der Waals surface area (Å²) in [6.45, 7) is 2.02. The van der Waals surface area contributed by atoms with E-state index in [4.69, 9.17) is 0 Å². The molecule has 2 aromatic heterocycles. The van der Waals surface area contributed by atoms with E-state index in [0.29, 0.717) is 24.4 Å². The van der Waals surface area contributed by atoms with Gasteiger partial charge < -0.3 is 16.0 Å². The number of pyridine rings is 2. The zero-order valence-corrected chi connectivity index (χ0v) is 19.4. The molecule has 2 aliphatic carbocycles. The molecule has 176 valence electrons. The number of rotatable bonds is 2. The van der Waals surface area contributed by atoms with Gasteiger partial charge in [-0.05, 0) is 79.6 Å². The largest absolute Gasteiger partial charge is 0.344 e. The molecule has 2 unspecified atom stereocenters. The first kappa shape index (κ1) is 20.8. The molecule has 7 nitrogen and oxygen atoms in total. The number of aromatic nitrogens is 2. The predicted octanol–water partition coefficient (Wildman–Crippen LogP) is 2.96. The third-order valence-electron chi connectivity index (χ3n) is 8.66. The van der Waals surface area contributed by atoms with Crippen LogP contribution in [0.25, 0.3) is 0 Å². The van der Waals surface area contributed by atoms with E-state index in [1.54, 1.807) is 12.4 Å². The third kappa shape index (κ3) is 3.01. The van der Waals surface area contributed by atoms with E-state index in [1.807, 2.05) is 18.2 Å². The highest BCUT2D eigenvalue weighted by molar-refractivity contribution is 6.06. The smallest absolute Gasteiger partial charge is 0.270 e. The molecule has 35 heavy (non-hydrogen) atoms. The molecule has 0 bridgehead atoms. The Balaban J connectivity index is 1.15. The number of hydrogen-bond donors (Lipinski definition) is 3. The maximum atomic E-state index is 13.4. The number of benzene rings is 1. The minimum atomic E-state index is -0.658. The van der Waals surface area contributed by atoms with Gasteiger partial charge in [0.2, 0.25) is 5.91 Å². The minimum absolute atomic E-state index is 0.0169. The number of anilines is 1. The van der Waals surface area contributed by atoms with Gasteiger partial charge in [-0.25, -0.2) is 4.98 Å². The Morgan fingerprint density at radius 1 is 1.00 bits per heavy atom. The van der Waals surface area contributed by atoms with Crippen LogP contribution in [0.4, 0.5) is 5.82 Å². The first-order valence-electron chi connectivity index (χ1n) is 12.4. The second kappa shape index (κ2) is 7.46. The molecule has 1 aromatic carbocycles. The quantitative estimate of drug-likeness (QED) is 0.541. The van der Waals surface area contributed by atoms with Gasteiger partial charge in [0.15, 0.2) is 0 Å². The van der Waals surface area contributed by atoms with Crippen LogP contribution in [0.1, 0.15) is 63.6 Å². The van der Waals surface area contributed by atoms with Crippen LogP contribution in [0, 0.1) is 0 Å². The molecule has 2 spiro atoms. The Hall–Kier alpha value is -3.58.